The molecule has 2 N–H and O–H groups in total. The minimum Gasteiger partial charge on any atom is -0.386 e. The lowest BCUT2D eigenvalue weighted by atomic mass is 10.2. The Morgan fingerprint density at radius 3 is 2.59 bits per heavy atom. The molecule has 0 spiro atoms. The molecule has 1 heterocycles. The monoisotopic (exact) mass is 318 g/mol. The molecule has 4 nitrogen and oxygen atoms in total. The van der Waals surface area contributed by atoms with Crippen molar-refractivity contribution in [1.29, 1.82) is 0 Å². The molecule has 120 valence electrons. The van der Waals surface area contributed by atoms with Gasteiger partial charge in [-0.2, -0.15) is 0 Å². The second-order valence-corrected chi connectivity index (χ2v) is 8.19. The molecule has 2 rings (SSSR count). The van der Waals surface area contributed by atoms with Gasteiger partial charge in [-0.1, -0.05) is 30.0 Å². The van der Waals surface area contributed by atoms with Crippen molar-refractivity contribution >= 4 is 27.0 Å². The number of hydrogen-bond acceptors (Lipinski definition) is 3. The predicted molar refractivity (Wildman–Crippen MR) is 102 cm³/mol. The van der Waals surface area contributed by atoms with E-state index < -0.39 is 9.39 Å². The largest absolute Gasteiger partial charge is 0.386 e. The van der Waals surface area contributed by atoms with Crippen molar-refractivity contribution in [3.63, 3.8) is 0 Å². The first-order chi connectivity index (χ1) is 10.5. The van der Waals surface area contributed by atoms with Crippen LogP contribution in [0, 0.1) is 0 Å². The summed E-state index contributed by atoms with van der Waals surface area (Å²) in [6, 6.07) is 0.187. The fraction of sp³-hybridized carbons (Fsp3) is 0.412. The van der Waals surface area contributed by atoms with Gasteiger partial charge in [-0.25, -0.2) is 0 Å². The highest BCUT2D eigenvalue weighted by Gasteiger charge is 2.25. The Bertz CT molecular complexity index is 653. The highest BCUT2D eigenvalue weighted by Crippen LogP contribution is 2.36. The number of aliphatic imine (C=N–C) groups is 1. The Morgan fingerprint density at radius 2 is 1.95 bits per heavy atom. The van der Waals surface area contributed by atoms with Crippen LogP contribution in [0.3, 0.4) is 0 Å². The second-order valence-electron chi connectivity index (χ2n) is 5.55. The molecule has 0 bridgehead atoms. The lowest BCUT2D eigenvalue weighted by molar-refractivity contribution is 0.181. The van der Waals surface area contributed by atoms with Crippen LogP contribution in [0.2, 0.25) is 0 Å². The summed E-state index contributed by atoms with van der Waals surface area (Å²) in [5.74, 6) is 9.52. The quantitative estimate of drug-likeness (QED) is 0.372. The van der Waals surface area contributed by atoms with E-state index in [1.165, 1.54) is 0 Å². The van der Waals surface area contributed by atoms with E-state index in [-0.39, 0.29) is 6.04 Å². The van der Waals surface area contributed by atoms with Crippen LogP contribution in [-0.4, -0.2) is 66.1 Å². The molecular weight excluding hydrogens is 292 g/mol. The summed E-state index contributed by atoms with van der Waals surface area (Å²) in [6.45, 7) is 5.90. The fourth-order valence-corrected chi connectivity index (χ4v) is 4.39. The zero-order valence-electron chi connectivity index (χ0n) is 13.5. The zero-order chi connectivity index (χ0) is 16.2. The van der Waals surface area contributed by atoms with Gasteiger partial charge >= 0.3 is 0 Å². The first-order valence-electron chi connectivity index (χ1n) is 7.47. The van der Waals surface area contributed by atoms with Gasteiger partial charge in [-0.05, 0) is 19.1 Å². The topological polar surface area (TPSA) is 44.9 Å². The SMILES string of the molecule is C=S(=C)(C1=C=CC=CC=C1)N1CCN(C(C)C(N)=NC)CC1. The van der Waals surface area contributed by atoms with Crippen LogP contribution in [0.5, 0.6) is 0 Å². The lowest BCUT2D eigenvalue weighted by Crippen LogP contribution is -2.52. The molecular formula is C17H26N4S. The number of hydrogen-bond donors (Lipinski definition) is 1. The average Bonchev–Trinajstić information content (AvgIpc) is 2.83. The second kappa shape index (κ2) is 7.16. The fourth-order valence-electron chi connectivity index (χ4n) is 2.63. The highest BCUT2D eigenvalue weighted by molar-refractivity contribution is 8.29. The maximum absolute atomic E-state index is 5.94. The molecule has 0 aromatic carbocycles. The summed E-state index contributed by atoms with van der Waals surface area (Å²) in [5.41, 5.74) is 9.26. The van der Waals surface area contributed by atoms with Crippen molar-refractivity contribution in [3.05, 3.63) is 41.0 Å². The molecule has 1 unspecified atom stereocenters. The van der Waals surface area contributed by atoms with E-state index in [1.54, 1.807) is 7.05 Å². The maximum atomic E-state index is 5.94. The van der Waals surface area contributed by atoms with Crippen molar-refractivity contribution in [1.82, 2.24) is 9.21 Å². The van der Waals surface area contributed by atoms with Gasteiger partial charge in [-0.15, -0.1) is 15.1 Å². The van der Waals surface area contributed by atoms with Gasteiger partial charge in [0.05, 0.1) is 10.9 Å². The van der Waals surface area contributed by atoms with Gasteiger partial charge in [0.1, 0.15) is 5.84 Å². The molecule has 0 radical (unpaired) electrons. The van der Waals surface area contributed by atoms with E-state index in [4.69, 9.17) is 5.73 Å². The minimum absolute atomic E-state index is 0.187. The van der Waals surface area contributed by atoms with E-state index in [0.29, 0.717) is 5.84 Å². The van der Waals surface area contributed by atoms with E-state index in [9.17, 15) is 0 Å². The van der Waals surface area contributed by atoms with Crippen LogP contribution in [0.15, 0.2) is 46.0 Å². The van der Waals surface area contributed by atoms with Crippen molar-refractivity contribution in [2.75, 3.05) is 33.2 Å². The van der Waals surface area contributed by atoms with Crippen molar-refractivity contribution in [2.24, 2.45) is 10.7 Å². The first kappa shape index (κ1) is 16.8. The average molecular weight is 318 g/mol. The molecule has 1 fully saturated rings. The minimum atomic E-state index is -1.49. The summed E-state index contributed by atoms with van der Waals surface area (Å²) in [6.07, 6.45) is 10.0. The highest BCUT2D eigenvalue weighted by atomic mass is 32.2. The van der Waals surface area contributed by atoms with Crippen LogP contribution < -0.4 is 5.73 Å². The van der Waals surface area contributed by atoms with Crippen LogP contribution in [0.1, 0.15) is 6.92 Å². The predicted octanol–water partition coefficient (Wildman–Crippen LogP) is 1.73. The van der Waals surface area contributed by atoms with Gasteiger partial charge in [0.15, 0.2) is 0 Å². The standard InChI is InChI=1S/C17H26N4S/c1-15(17(18)19-2)20-11-13-21(14-12-20)22(3,4)16-9-7-5-6-8-10-16/h5-9,15H,3-4,11-14H2,1-2H3,(H2,18,19). The molecule has 1 aliphatic heterocycles. The van der Waals surface area contributed by atoms with Crippen molar-refractivity contribution < 1.29 is 0 Å². The Balaban J connectivity index is 2.07. The number of rotatable bonds is 4. The van der Waals surface area contributed by atoms with Crippen molar-refractivity contribution in [2.45, 2.75) is 13.0 Å². The summed E-state index contributed by atoms with van der Waals surface area (Å²) in [7, 11) is 0.254. The van der Waals surface area contributed by atoms with E-state index >= 15 is 0 Å². The first-order valence-corrected chi connectivity index (χ1v) is 9.40. The molecule has 1 atom stereocenters. The van der Waals surface area contributed by atoms with Crippen molar-refractivity contribution in [3.8, 4) is 0 Å². The molecule has 5 heteroatoms. The third-order valence-electron chi connectivity index (χ3n) is 4.20. The number of nitrogens with zero attached hydrogens (tertiary/aromatic N) is 3. The van der Waals surface area contributed by atoms with Gasteiger partial charge in [0, 0.05) is 33.2 Å². The molecule has 0 saturated carbocycles. The normalized spacial score (nSPS) is 22.5. The van der Waals surface area contributed by atoms with Gasteiger partial charge < -0.3 is 5.73 Å². The van der Waals surface area contributed by atoms with Gasteiger partial charge in [0.2, 0.25) is 0 Å². The number of piperazine rings is 1. The smallest absolute Gasteiger partial charge is 0.111 e. The van der Waals surface area contributed by atoms with E-state index in [2.05, 4.69) is 44.7 Å². The Kier molecular flexibility index (Phi) is 5.48. The third-order valence-corrected chi connectivity index (χ3v) is 6.63. The molecule has 0 aromatic heterocycles. The van der Waals surface area contributed by atoms with Crippen LogP contribution in [0.25, 0.3) is 0 Å². The summed E-state index contributed by atoms with van der Waals surface area (Å²) in [5, 5.41) is 0. The van der Waals surface area contributed by atoms with Crippen LogP contribution in [0.4, 0.5) is 0 Å². The number of nitrogens with two attached hydrogens (primary N) is 1. The molecule has 0 amide bonds. The maximum Gasteiger partial charge on any atom is 0.111 e. The molecule has 22 heavy (non-hydrogen) atoms. The molecule has 2 aliphatic rings. The molecule has 1 saturated heterocycles. The van der Waals surface area contributed by atoms with Crippen LogP contribution in [-0.2, 0) is 0 Å². The third kappa shape index (κ3) is 3.62. The summed E-state index contributed by atoms with van der Waals surface area (Å²) < 4.78 is 2.39. The van der Waals surface area contributed by atoms with Crippen LogP contribution >= 0.6 is 9.39 Å². The van der Waals surface area contributed by atoms with Gasteiger partial charge in [0.25, 0.3) is 0 Å². The Morgan fingerprint density at radius 1 is 1.27 bits per heavy atom. The summed E-state index contributed by atoms with van der Waals surface area (Å²) >= 11 is 0. The number of allylic oxidation sites excluding steroid dienone is 4. The number of amidine groups is 1. The van der Waals surface area contributed by atoms with E-state index in [0.717, 1.165) is 31.1 Å². The Hall–Kier alpha value is -1.52. The Labute approximate surface area is 134 Å². The molecule has 0 aromatic rings. The summed E-state index contributed by atoms with van der Waals surface area (Å²) in [4.78, 5) is 7.56. The van der Waals surface area contributed by atoms with Gasteiger partial charge in [-0.3, -0.25) is 14.2 Å². The zero-order valence-corrected chi connectivity index (χ0v) is 14.4. The lowest BCUT2D eigenvalue weighted by Gasteiger charge is -2.41. The van der Waals surface area contributed by atoms with E-state index in [1.807, 2.05) is 24.3 Å². The molecule has 1 aliphatic carbocycles.